The van der Waals surface area contributed by atoms with Crippen molar-refractivity contribution in [2.45, 2.75) is 63.6 Å². The fourth-order valence-electron chi connectivity index (χ4n) is 3.42. The van der Waals surface area contributed by atoms with Crippen LogP contribution in [0.3, 0.4) is 0 Å². The molecule has 0 saturated carbocycles. The number of nitrogens with one attached hydrogen (secondary N) is 1. The van der Waals surface area contributed by atoms with Crippen molar-refractivity contribution < 1.29 is 34.0 Å². The number of carboxylic acids is 1. The Bertz CT molecular complexity index is 833. The third-order valence-electron chi connectivity index (χ3n) is 5.04. The number of carboxylic acid groups (broad SMARTS) is 1. The monoisotopic (exact) mass is 405 g/mol. The van der Waals surface area contributed by atoms with Crippen LogP contribution in [0.1, 0.15) is 49.4 Å². The first-order valence-electron chi connectivity index (χ1n) is 9.89. The molecule has 0 aliphatic carbocycles. The van der Waals surface area contributed by atoms with Gasteiger partial charge in [-0.15, -0.1) is 0 Å². The molecule has 1 aromatic carbocycles. The molecule has 0 amide bonds. The number of aliphatic hydroxyl groups is 1. The van der Waals surface area contributed by atoms with Gasteiger partial charge < -0.3 is 29.4 Å². The number of hydrogen-bond acceptors (Lipinski definition) is 6. The summed E-state index contributed by atoms with van der Waals surface area (Å²) in [6.07, 6.45) is 1.29. The van der Waals surface area contributed by atoms with E-state index in [1.54, 1.807) is 13.1 Å². The molecule has 2 aromatic rings. The largest absolute Gasteiger partial charge is 0.481 e. The zero-order chi connectivity index (χ0) is 20.8. The van der Waals surface area contributed by atoms with Crippen LogP contribution in [0.5, 0.6) is 0 Å². The van der Waals surface area contributed by atoms with Gasteiger partial charge in [-0.1, -0.05) is 24.6 Å². The number of H-pyrrole nitrogens is 1. The average molecular weight is 405 g/mol. The van der Waals surface area contributed by atoms with Crippen molar-refractivity contribution in [1.82, 2.24) is 4.98 Å². The van der Waals surface area contributed by atoms with E-state index in [1.807, 2.05) is 24.3 Å². The maximum Gasteiger partial charge on any atom is 0.340 e. The number of aromatic amines is 1. The number of fused-ring (bicyclic) bond motifs is 1. The second kappa shape index (κ2) is 9.87. The van der Waals surface area contributed by atoms with Crippen molar-refractivity contribution >= 4 is 22.8 Å². The number of rotatable bonds is 9. The summed E-state index contributed by atoms with van der Waals surface area (Å²) < 4.78 is 16.9. The SMILES string of the molecule is CC1OC(OCCCCCC(=O)O)C(O)CC1OC(=O)c1c[nH]c2ccccc12. The lowest BCUT2D eigenvalue weighted by molar-refractivity contribution is -0.260. The standard InChI is InChI=1S/C21H27NO7/c1-13-18(29-20(26)15-12-22-16-8-5-4-7-14(15)16)11-17(23)21(28-13)27-10-6-2-3-9-19(24)25/h4-5,7-8,12-13,17-18,21-23H,2-3,6,9-11H2,1H3,(H,24,25). The summed E-state index contributed by atoms with van der Waals surface area (Å²) in [6, 6.07) is 7.46. The van der Waals surface area contributed by atoms with E-state index < -0.39 is 36.5 Å². The highest BCUT2D eigenvalue weighted by atomic mass is 16.7. The summed E-state index contributed by atoms with van der Waals surface area (Å²) in [5.41, 5.74) is 1.30. The molecule has 8 nitrogen and oxygen atoms in total. The molecule has 8 heteroatoms. The Morgan fingerprint density at radius 3 is 2.83 bits per heavy atom. The zero-order valence-corrected chi connectivity index (χ0v) is 16.4. The van der Waals surface area contributed by atoms with Gasteiger partial charge in [-0.05, 0) is 25.8 Å². The number of ether oxygens (including phenoxy) is 3. The zero-order valence-electron chi connectivity index (χ0n) is 16.4. The van der Waals surface area contributed by atoms with Gasteiger partial charge in [-0.25, -0.2) is 4.79 Å². The van der Waals surface area contributed by atoms with Crippen LogP contribution in [0.25, 0.3) is 10.9 Å². The van der Waals surface area contributed by atoms with Gasteiger partial charge in [-0.2, -0.15) is 0 Å². The number of unbranched alkanes of at least 4 members (excludes halogenated alkanes) is 2. The third-order valence-corrected chi connectivity index (χ3v) is 5.04. The molecule has 3 rings (SSSR count). The lowest BCUT2D eigenvalue weighted by atomic mass is 10.0. The van der Waals surface area contributed by atoms with Gasteiger partial charge in [0.15, 0.2) is 6.29 Å². The molecule has 0 radical (unpaired) electrons. The van der Waals surface area contributed by atoms with E-state index in [-0.39, 0.29) is 12.8 Å². The first kappa shape index (κ1) is 21.3. The van der Waals surface area contributed by atoms with Crippen molar-refractivity contribution in [2.75, 3.05) is 6.61 Å². The van der Waals surface area contributed by atoms with E-state index in [1.165, 1.54) is 0 Å². The molecule has 1 saturated heterocycles. The van der Waals surface area contributed by atoms with E-state index in [4.69, 9.17) is 19.3 Å². The van der Waals surface area contributed by atoms with Gasteiger partial charge in [0, 0.05) is 36.5 Å². The van der Waals surface area contributed by atoms with Crippen molar-refractivity contribution in [3.63, 3.8) is 0 Å². The van der Waals surface area contributed by atoms with E-state index in [0.717, 1.165) is 17.3 Å². The van der Waals surface area contributed by atoms with Gasteiger partial charge in [0.1, 0.15) is 12.2 Å². The summed E-state index contributed by atoms with van der Waals surface area (Å²) in [6.45, 7) is 2.15. The maximum absolute atomic E-state index is 12.6. The molecule has 0 spiro atoms. The number of aliphatic carboxylic acids is 1. The Kier molecular flexibility index (Phi) is 7.24. The molecule has 1 fully saturated rings. The highest BCUT2D eigenvalue weighted by Crippen LogP contribution is 2.26. The first-order valence-corrected chi connectivity index (χ1v) is 9.89. The fourth-order valence-corrected chi connectivity index (χ4v) is 3.42. The average Bonchev–Trinajstić information content (AvgIpc) is 3.12. The van der Waals surface area contributed by atoms with Crippen LogP contribution in [0.4, 0.5) is 0 Å². The molecule has 0 bridgehead atoms. The minimum Gasteiger partial charge on any atom is -0.481 e. The van der Waals surface area contributed by atoms with Crippen LogP contribution in [0.2, 0.25) is 0 Å². The van der Waals surface area contributed by atoms with Crippen LogP contribution in [0, 0.1) is 0 Å². The Morgan fingerprint density at radius 2 is 2.03 bits per heavy atom. The molecule has 158 valence electrons. The Morgan fingerprint density at radius 1 is 1.24 bits per heavy atom. The minimum atomic E-state index is -0.911. The number of benzene rings is 1. The summed E-state index contributed by atoms with van der Waals surface area (Å²) in [5.74, 6) is -1.27. The highest BCUT2D eigenvalue weighted by Gasteiger charge is 2.38. The second-order valence-electron chi connectivity index (χ2n) is 7.28. The minimum absolute atomic E-state index is 0.142. The molecule has 3 N–H and O–H groups in total. The second-order valence-corrected chi connectivity index (χ2v) is 7.28. The van der Waals surface area contributed by atoms with Crippen LogP contribution in [-0.4, -0.2) is 58.3 Å². The lowest BCUT2D eigenvalue weighted by Crippen LogP contribution is -2.48. The van der Waals surface area contributed by atoms with E-state index >= 15 is 0 Å². The maximum atomic E-state index is 12.6. The van der Waals surface area contributed by atoms with Crippen LogP contribution in [-0.2, 0) is 19.0 Å². The number of carbonyl (C=O) groups excluding carboxylic acids is 1. The summed E-state index contributed by atoms with van der Waals surface area (Å²) in [7, 11) is 0. The Balaban J connectivity index is 1.47. The van der Waals surface area contributed by atoms with Crippen molar-refractivity contribution in [2.24, 2.45) is 0 Å². The Hall–Kier alpha value is -2.42. The number of aromatic nitrogens is 1. The van der Waals surface area contributed by atoms with E-state index in [2.05, 4.69) is 4.98 Å². The summed E-state index contributed by atoms with van der Waals surface area (Å²) in [5, 5.41) is 19.7. The number of carbonyl (C=O) groups is 2. The van der Waals surface area contributed by atoms with Gasteiger partial charge >= 0.3 is 11.9 Å². The molecule has 4 atom stereocenters. The number of para-hydroxylation sites is 1. The van der Waals surface area contributed by atoms with Crippen LogP contribution in [0.15, 0.2) is 30.5 Å². The van der Waals surface area contributed by atoms with Gasteiger partial charge in [-0.3, -0.25) is 4.79 Å². The molecule has 1 aliphatic rings. The molecule has 2 heterocycles. The Labute approximate surface area is 168 Å². The predicted octanol–water partition coefficient (Wildman–Crippen LogP) is 2.85. The lowest BCUT2D eigenvalue weighted by Gasteiger charge is -2.37. The van der Waals surface area contributed by atoms with Gasteiger partial charge in [0.25, 0.3) is 0 Å². The smallest absolute Gasteiger partial charge is 0.340 e. The molecular weight excluding hydrogens is 378 g/mol. The summed E-state index contributed by atoms with van der Waals surface area (Å²) >= 11 is 0. The first-order chi connectivity index (χ1) is 14.0. The van der Waals surface area contributed by atoms with E-state index in [9.17, 15) is 14.7 Å². The fraction of sp³-hybridized carbons (Fsp3) is 0.524. The number of hydrogen-bond donors (Lipinski definition) is 3. The normalized spacial score (nSPS) is 24.5. The predicted molar refractivity (Wildman–Crippen MR) is 105 cm³/mol. The third kappa shape index (κ3) is 5.56. The number of esters is 1. The van der Waals surface area contributed by atoms with E-state index in [0.29, 0.717) is 25.0 Å². The summed E-state index contributed by atoms with van der Waals surface area (Å²) in [4.78, 5) is 26.1. The highest BCUT2D eigenvalue weighted by molar-refractivity contribution is 6.04. The molecule has 1 aliphatic heterocycles. The topological polar surface area (TPSA) is 118 Å². The van der Waals surface area contributed by atoms with Crippen molar-refractivity contribution in [1.29, 1.82) is 0 Å². The quantitative estimate of drug-likeness (QED) is 0.434. The molecule has 29 heavy (non-hydrogen) atoms. The van der Waals surface area contributed by atoms with Crippen molar-refractivity contribution in [3.05, 3.63) is 36.0 Å². The van der Waals surface area contributed by atoms with Crippen molar-refractivity contribution in [3.8, 4) is 0 Å². The van der Waals surface area contributed by atoms with Crippen LogP contribution >= 0.6 is 0 Å². The van der Waals surface area contributed by atoms with Gasteiger partial charge in [0.2, 0.25) is 0 Å². The molecule has 1 aromatic heterocycles. The molecular formula is C21H27NO7. The van der Waals surface area contributed by atoms with Gasteiger partial charge in [0.05, 0.1) is 11.7 Å². The van der Waals surface area contributed by atoms with Crippen LogP contribution < -0.4 is 0 Å². The molecule has 4 unspecified atom stereocenters. The number of aliphatic hydroxyl groups excluding tert-OH is 1.